The summed E-state index contributed by atoms with van der Waals surface area (Å²) in [6.07, 6.45) is 1.53. The molecule has 0 rings (SSSR count). The third kappa shape index (κ3) is 14.8. The lowest BCUT2D eigenvalue weighted by Crippen LogP contribution is -2.23. The van der Waals surface area contributed by atoms with E-state index in [0.29, 0.717) is 6.42 Å². The van der Waals surface area contributed by atoms with E-state index in [-0.39, 0.29) is 19.3 Å². The van der Waals surface area contributed by atoms with Gasteiger partial charge in [-0.25, -0.2) is 0 Å². The van der Waals surface area contributed by atoms with Gasteiger partial charge in [0.25, 0.3) is 0 Å². The Bertz CT molecular complexity index is 385. The first-order chi connectivity index (χ1) is 9.19. The number of hydrogen-bond acceptors (Lipinski definition) is 2. The topological polar surface area (TPSA) is 74.6 Å². The van der Waals surface area contributed by atoms with Crippen molar-refractivity contribution in [2.45, 2.75) is 68.2 Å². The van der Waals surface area contributed by atoms with E-state index in [1.807, 2.05) is 27.7 Å². The van der Waals surface area contributed by atoms with Gasteiger partial charge in [-0.3, -0.25) is 9.59 Å². The van der Waals surface area contributed by atoms with Gasteiger partial charge in [-0.05, 0) is 46.0 Å². The maximum atomic E-state index is 10.5. The average Bonchev–Trinajstić information content (AvgIpc) is 2.10. The minimum atomic E-state index is -0.768. The van der Waals surface area contributed by atoms with Gasteiger partial charge < -0.3 is 10.2 Å². The Morgan fingerprint density at radius 2 is 1.23 bits per heavy atom. The van der Waals surface area contributed by atoms with Crippen molar-refractivity contribution in [3.05, 3.63) is 24.3 Å². The molecule has 0 amide bonds. The Hall–Kier alpha value is -1.58. The molecule has 0 aromatic carbocycles. The molecule has 0 radical (unpaired) electrons. The molecule has 4 nitrogen and oxygen atoms in total. The summed E-state index contributed by atoms with van der Waals surface area (Å²) in [5.41, 5.74) is 1.13. The summed E-state index contributed by atoms with van der Waals surface area (Å²) in [5, 5.41) is 17.2. The van der Waals surface area contributed by atoms with Gasteiger partial charge in [0, 0.05) is 0 Å². The van der Waals surface area contributed by atoms with Crippen molar-refractivity contribution in [3.63, 3.8) is 0 Å². The van der Waals surface area contributed by atoms with Crippen molar-refractivity contribution in [1.82, 2.24) is 0 Å². The zero-order chi connectivity index (χ0) is 17.4. The van der Waals surface area contributed by atoms with Crippen LogP contribution in [0.4, 0.5) is 0 Å². The maximum Gasteiger partial charge on any atom is 0.309 e. The normalized spacial score (nSPS) is 10.6. The highest BCUT2D eigenvalue weighted by molar-refractivity contribution is 5.73. The van der Waals surface area contributed by atoms with E-state index in [2.05, 4.69) is 13.2 Å². The molecule has 0 atom stereocenters. The van der Waals surface area contributed by atoms with Gasteiger partial charge in [0.1, 0.15) is 0 Å². The lowest BCUT2D eigenvalue weighted by molar-refractivity contribution is -0.146. The fourth-order valence-electron chi connectivity index (χ4n) is 2.12. The SMILES string of the molecule is C.C=C(C)CC(C)(C)C(=O)O.C=C(C)CC(C)(C)CC(=O)O. The molecule has 0 aliphatic heterocycles. The number of rotatable bonds is 7. The van der Waals surface area contributed by atoms with Crippen LogP contribution in [0.25, 0.3) is 0 Å². The number of aliphatic carboxylic acids is 2. The molecule has 0 saturated carbocycles. The minimum absolute atomic E-state index is 0. The van der Waals surface area contributed by atoms with Gasteiger partial charge in [0.15, 0.2) is 0 Å². The number of carboxylic acids is 2. The van der Waals surface area contributed by atoms with E-state index >= 15 is 0 Å². The molecule has 0 saturated heterocycles. The third-order valence-corrected chi connectivity index (χ3v) is 2.73. The van der Waals surface area contributed by atoms with Gasteiger partial charge in [0.05, 0.1) is 11.8 Å². The second kappa shape index (κ2) is 10.2. The van der Waals surface area contributed by atoms with E-state index in [1.165, 1.54) is 0 Å². The van der Waals surface area contributed by atoms with Crippen LogP contribution in [0.1, 0.15) is 68.2 Å². The van der Waals surface area contributed by atoms with E-state index in [9.17, 15) is 9.59 Å². The van der Waals surface area contributed by atoms with Crippen LogP contribution in [0.15, 0.2) is 24.3 Å². The standard InChI is InChI=1S/C9H16O2.C8H14O2.CH4/c1-7(2)5-9(3,4)6-8(10)11;1-6(2)5-8(3,4)7(9)10;/h1,5-6H2,2-4H3,(H,10,11);1,5H2,2-4H3,(H,9,10);1H4. The van der Waals surface area contributed by atoms with E-state index in [4.69, 9.17) is 10.2 Å². The molecule has 0 aliphatic rings. The van der Waals surface area contributed by atoms with Crippen LogP contribution in [0.5, 0.6) is 0 Å². The van der Waals surface area contributed by atoms with Crippen molar-refractivity contribution in [1.29, 1.82) is 0 Å². The lowest BCUT2D eigenvalue weighted by atomic mass is 9.83. The van der Waals surface area contributed by atoms with E-state index < -0.39 is 17.4 Å². The molecule has 0 heterocycles. The molecule has 4 heteroatoms. The first-order valence-electron chi connectivity index (χ1n) is 6.93. The Balaban J connectivity index is -0.000000315. The first kappa shape index (κ1) is 25.4. The zero-order valence-electron chi connectivity index (χ0n) is 14.2. The van der Waals surface area contributed by atoms with Gasteiger partial charge in [-0.1, -0.05) is 32.4 Å². The molecule has 0 bridgehead atoms. The first-order valence-corrected chi connectivity index (χ1v) is 6.93. The summed E-state index contributed by atoms with van der Waals surface area (Å²) in [6, 6.07) is 0. The highest BCUT2D eigenvalue weighted by atomic mass is 16.4. The molecule has 22 heavy (non-hydrogen) atoms. The number of carbonyl (C=O) groups is 2. The molecular formula is C18H34O4. The Kier molecular flexibility index (Phi) is 11.8. The monoisotopic (exact) mass is 314 g/mol. The van der Waals surface area contributed by atoms with Crippen molar-refractivity contribution >= 4 is 11.9 Å². The van der Waals surface area contributed by atoms with Gasteiger partial charge in [-0.15, -0.1) is 13.2 Å². The third-order valence-electron chi connectivity index (χ3n) is 2.73. The summed E-state index contributed by atoms with van der Waals surface area (Å²) in [5.74, 6) is -1.51. The van der Waals surface area contributed by atoms with Crippen LogP contribution < -0.4 is 0 Å². The quantitative estimate of drug-likeness (QED) is 0.637. The predicted molar refractivity (Wildman–Crippen MR) is 93.0 cm³/mol. The molecule has 0 fully saturated rings. The summed E-state index contributed by atoms with van der Waals surface area (Å²) < 4.78 is 0. The summed E-state index contributed by atoms with van der Waals surface area (Å²) >= 11 is 0. The second-order valence-electron chi connectivity index (χ2n) is 7.19. The molecule has 0 aliphatic carbocycles. The molecular weight excluding hydrogens is 280 g/mol. The van der Waals surface area contributed by atoms with Crippen LogP contribution in [-0.4, -0.2) is 22.2 Å². The maximum absolute atomic E-state index is 10.5. The largest absolute Gasteiger partial charge is 0.481 e. The molecule has 0 aromatic heterocycles. The van der Waals surface area contributed by atoms with Crippen molar-refractivity contribution in [3.8, 4) is 0 Å². The lowest BCUT2D eigenvalue weighted by Gasteiger charge is -2.21. The van der Waals surface area contributed by atoms with Crippen molar-refractivity contribution < 1.29 is 19.8 Å². The van der Waals surface area contributed by atoms with Crippen molar-refractivity contribution in [2.24, 2.45) is 10.8 Å². The summed E-state index contributed by atoms with van der Waals surface area (Å²) in [6.45, 7) is 18.4. The predicted octanol–water partition coefficient (Wildman–Crippen LogP) is 5.15. The Labute approximate surface area is 135 Å². The molecule has 0 aromatic rings. The minimum Gasteiger partial charge on any atom is -0.481 e. The number of allylic oxidation sites excluding steroid dienone is 2. The van der Waals surface area contributed by atoms with Crippen LogP contribution in [0.3, 0.4) is 0 Å². The van der Waals surface area contributed by atoms with Crippen LogP contribution >= 0.6 is 0 Å². The smallest absolute Gasteiger partial charge is 0.309 e. The fraction of sp³-hybridized carbons (Fsp3) is 0.667. The summed E-state index contributed by atoms with van der Waals surface area (Å²) in [4.78, 5) is 20.9. The second-order valence-corrected chi connectivity index (χ2v) is 7.19. The summed E-state index contributed by atoms with van der Waals surface area (Å²) in [7, 11) is 0. The molecule has 130 valence electrons. The van der Waals surface area contributed by atoms with Crippen molar-refractivity contribution in [2.75, 3.05) is 0 Å². The highest BCUT2D eigenvalue weighted by Gasteiger charge is 2.26. The van der Waals surface area contributed by atoms with E-state index in [1.54, 1.807) is 13.8 Å². The Morgan fingerprint density at radius 1 is 0.864 bits per heavy atom. The zero-order valence-corrected chi connectivity index (χ0v) is 14.2. The fourth-order valence-corrected chi connectivity index (χ4v) is 2.12. The van der Waals surface area contributed by atoms with Crippen LogP contribution in [0.2, 0.25) is 0 Å². The van der Waals surface area contributed by atoms with Gasteiger partial charge in [-0.2, -0.15) is 0 Å². The highest BCUT2D eigenvalue weighted by Crippen LogP contribution is 2.28. The number of carboxylic acid groups (broad SMARTS) is 2. The molecule has 0 unspecified atom stereocenters. The molecule has 0 spiro atoms. The average molecular weight is 314 g/mol. The van der Waals surface area contributed by atoms with Crippen LogP contribution in [0, 0.1) is 10.8 Å². The van der Waals surface area contributed by atoms with E-state index in [0.717, 1.165) is 17.6 Å². The van der Waals surface area contributed by atoms with Gasteiger partial charge >= 0.3 is 11.9 Å². The van der Waals surface area contributed by atoms with Gasteiger partial charge in [0.2, 0.25) is 0 Å². The molecule has 2 N–H and O–H groups in total. The number of hydrogen-bond donors (Lipinski definition) is 2. The Morgan fingerprint density at radius 3 is 1.41 bits per heavy atom. The van der Waals surface area contributed by atoms with Crippen LogP contribution in [-0.2, 0) is 9.59 Å².